The van der Waals surface area contributed by atoms with Crippen molar-refractivity contribution in [1.82, 2.24) is 9.78 Å². The van der Waals surface area contributed by atoms with E-state index in [-0.39, 0.29) is 11.5 Å². The summed E-state index contributed by atoms with van der Waals surface area (Å²) >= 11 is 0. The van der Waals surface area contributed by atoms with Crippen molar-refractivity contribution < 1.29 is 17.6 Å². The molecule has 7 heteroatoms. The van der Waals surface area contributed by atoms with Crippen molar-refractivity contribution in [3.63, 3.8) is 0 Å². The molecule has 0 aliphatic rings. The van der Waals surface area contributed by atoms with Crippen molar-refractivity contribution in [2.75, 3.05) is 0 Å². The average molecular weight is 257 g/mol. The summed E-state index contributed by atoms with van der Waals surface area (Å²) in [5, 5.41) is 3.39. The molecule has 0 radical (unpaired) electrons. The van der Waals surface area contributed by atoms with E-state index in [1.54, 1.807) is 0 Å². The summed E-state index contributed by atoms with van der Waals surface area (Å²) in [5.41, 5.74) is -0.802. The standard InChI is InChI=1S/C11H7F4N3/c1-16-10-6-9(11(13,14)15)17-18(10)8-4-2-7(12)3-5-8/h2-6H,1H2. The van der Waals surface area contributed by atoms with E-state index in [1.165, 1.54) is 12.1 Å². The van der Waals surface area contributed by atoms with Crippen molar-refractivity contribution in [2.45, 2.75) is 6.18 Å². The van der Waals surface area contributed by atoms with Gasteiger partial charge in [0.05, 0.1) is 5.69 Å². The molecule has 2 aromatic rings. The molecule has 1 aromatic carbocycles. The van der Waals surface area contributed by atoms with Crippen LogP contribution < -0.4 is 0 Å². The maximum atomic E-state index is 12.7. The Labute approximate surface area is 99.4 Å². The van der Waals surface area contributed by atoms with E-state index in [4.69, 9.17) is 0 Å². The molecule has 0 fully saturated rings. The molecular formula is C11H7F4N3. The molecule has 0 spiro atoms. The summed E-state index contributed by atoms with van der Waals surface area (Å²) in [7, 11) is 0. The zero-order valence-electron chi connectivity index (χ0n) is 8.95. The van der Waals surface area contributed by atoms with Crippen LogP contribution in [-0.4, -0.2) is 16.5 Å². The van der Waals surface area contributed by atoms with E-state index < -0.39 is 17.7 Å². The van der Waals surface area contributed by atoms with Crippen LogP contribution in [0.1, 0.15) is 5.69 Å². The van der Waals surface area contributed by atoms with Crippen LogP contribution in [0.4, 0.5) is 23.4 Å². The van der Waals surface area contributed by atoms with E-state index in [1.807, 2.05) is 0 Å². The molecule has 0 amide bonds. The molecule has 1 heterocycles. The van der Waals surface area contributed by atoms with E-state index in [2.05, 4.69) is 16.8 Å². The summed E-state index contributed by atoms with van der Waals surface area (Å²) in [5.74, 6) is -0.552. The fraction of sp³-hybridized carbons (Fsp3) is 0.0909. The number of alkyl halides is 3. The maximum absolute atomic E-state index is 12.7. The lowest BCUT2D eigenvalue weighted by atomic mass is 10.3. The second-order valence-electron chi connectivity index (χ2n) is 3.43. The van der Waals surface area contributed by atoms with Crippen LogP contribution in [-0.2, 0) is 6.18 Å². The number of rotatable bonds is 2. The first-order valence-corrected chi connectivity index (χ1v) is 4.82. The number of benzene rings is 1. The van der Waals surface area contributed by atoms with E-state index >= 15 is 0 Å². The van der Waals surface area contributed by atoms with Gasteiger partial charge in [0.15, 0.2) is 11.5 Å². The van der Waals surface area contributed by atoms with Crippen LogP contribution >= 0.6 is 0 Å². The molecule has 0 bridgehead atoms. The van der Waals surface area contributed by atoms with Crippen molar-refractivity contribution in [1.29, 1.82) is 0 Å². The Morgan fingerprint density at radius 3 is 2.28 bits per heavy atom. The summed E-state index contributed by atoms with van der Waals surface area (Å²) in [4.78, 5) is 3.46. The summed E-state index contributed by atoms with van der Waals surface area (Å²) in [6.45, 7) is 3.18. The van der Waals surface area contributed by atoms with E-state index in [0.717, 1.165) is 22.9 Å². The van der Waals surface area contributed by atoms with Gasteiger partial charge in [-0.25, -0.2) is 14.1 Å². The van der Waals surface area contributed by atoms with E-state index in [0.29, 0.717) is 0 Å². The minimum atomic E-state index is -4.56. The lowest BCUT2D eigenvalue weighted by Crippen LogP contribution is -2.07. The Morgan fingerprint density at radius 2 is 1.78 bits per heavy atom. The van der Waals surface area contributed by atoms with Crippen molar-refractivity contribution >= 4 is 12.5 Å². The van der Waals surface area contributed by atoms with Crippen LogP contribution in [0.2, 0.25) is 0 Å². The fourth-order valence-electron chi connectivity index (χ4n) is 1.39. The number of aromatic nitrogens is 2. The van der Waals surface area contributed by atoms with Gasteiger partial charge in [-0.15, -0.1) is 0 Å². The molecule has 0 unspecified atom stereocenters. The molecule has 1 aromatic heterocycles. The first-order chi connectivity index (χ1) is 8.41. The van der Waals surface area contributed by atoms with Gasteiger partial charge in [-0.2, -0.15) is 18.3 Å². The number of hydrogen-bond donors (Lipinski definition) is 0. The molecule has 0 saturated heterocycles. The smallest absolute Gasteiger partial charge is 0.245 e. The third-order valence-electron chi connectivity index (χ3n) is 2.21. The van der Waals surface area contributed by atoms with Crippen molar-refractivity contribution in [3.8, 4) is 5.69 Å². The third kappa shape index (κ3) is 2.24. The topological polar surface area (TPSA) is 30.2 Å². The highest BCUT2D eigenvalue weighted by Crippen LogP contribution is 2.31. The second-order valence-corrected chi connectivity index (χ2v) is 3.43. The number of hydrogen-bond acceptors (Lipinski definition) is 2. The number of nitrogens with zero attached hydrogens (tertiary/aromatic N) is 3. The van der Waals surface area contributed by atoms with Crippen LogP contribution in [0, 0.1) is 5.82 Å². The van der Waals surface area contributed by atoms with Gasteiger partial charge in [-0.05, 0) is 31.0 Å². The van der Waals surface area contributed by atoms with Crippen LogP contribution in [0.3, 0.4) is 0 Å². The van der Waals surface area contributed by atoms with Gasteiger partial charge < -0.3 is 0 Å². The number of halogens is 4. The third-order valence-corrected chi connectivity index (χ3v) is 2.21. The quantitative estimate of drug-likeness (QED) is 0.599. The predicted molar refractivity (Wildman–Crippen MR) is 57.7 cm³/mol. The first-order valence-electron chi connectivity index (χ1n) is 4.82. The monoisotopic (exact) mass is 257 g/mol. The van der Waals surface area contributed by atoms with Gasteiger partial charge in [0.2, 0.25) is 0 Å². The highest BCUT2D eigenvalue weighted by molar-refractivity contribution is 5.47. The summed E-state index contributed by atoms with van der Waals surface area (Å²) < 4.78 is 51.2. The van der Waals surface area contributed by atoms with Gasteiger partial charge in [0.25, 0.3) is 0 Å². The first kappa shape index (κ1) is 12.3. The highest BCUT2D eigenvalue weighted by atomic mass is 19.4. The fourth-order valence-corrected chi connectivity index (χ4v) is 1.39. The van der Waals surface area contributed by atoms with Crippen LogP contribution in [0.25, 0.3) is 5.69 Å². The molecule has 18 heavy (non-hydrogen) atoms. The maximum Gasteiger partial charge on any atom is 0.435 e. The molecular weight excluding hydrogens is 250 g/mol. The largest absolute Gasteiger partial charge is 0.435 e. The van der Waals surface area contributed by atoms with Gasteiger partial charge >= 0.3 is 6.18 Å². The Hall–Kier alpha value is -2.18. The lowest BCUT2D eigenvalue weighted by Gasteiger charge is -2.03. The van der Waals surface area contributed by atoms with Crippen molar-refractivity contribution in [2.24, 2.45) is 4.99 Å². The average Bonchev–Trinajstić information content (AvgIpc) is 2.73. The minimum Gasteiger partial charge on any atom is -0.245 e. The Balaban J connectivity index is 2.53. The zero-order valence-corrected chi connectivity index (χ0v) is 8.95. The van der Waals surface area contributed by atoms with Gasteiger partial charge in [-0.3, -0.25) is 0 Å². The summed E-state index contributed by atoms with van der Waals surface area (Å²) in [6.07, 6.45) is -4.56. The Bertz CT molecular complexity index is 569. The molecule has 0 N–H and O–H groups in total. The Morgan fingerprint density at radius 1 is 1.17 bits per heavy atom. The second kappa shape index (κ2) is 4.25. The Kier molecular flexibility index (Phi) is 2.90. The molecule has 2 rings (SSSR count). The molecule has 0 aliphatic heterocycles. The number of aliphatic imine (C=N–C) groups is 1. The van der Waals surface area contributed by atoms with Gasteiger partial charge in [0.1, 0.15) is 5.82 Å². The van der Waals surface area contributed by atoms with Crippen LogP contribution in [0.15, 0.2) is 35.3 Å². The van der Waals surface area contributed by atoms with E-state index in [9.17, 15) is 17.6 Å². The normalized spacial score (nSPS) is 11.6. The predicted octanol–water partition coefficient (Wildman–Crippen LogP) is 3.36. The molecule has 0 aliphatic carbocycles. The molecule has 0 atom stereocenters. The zero-order chi connectivity index (χ0) is 13.3. The minimum absolute atomic E-state index is 0.0612. The van der Waals surface area contributed by atoms with Crippen LogP contribution in [0.5, 0.6) is 0 Å². The molecule has 3 nitrogen and oxygen atoms in total. The molecule has 0 saturated carbocycles. The van der Waals surface area contributed by atoms with Gasteiger partial charge in [0, 0.05) is 6.07 Å². The van der Waals surface area contributed by atoms with Crippen molar-refractivity contribution in [3.05, 3.63) is 41.8 Å². The molecule has 94 valence electrons. The summed E-state index contributed by atoms with van der Waals surface area (Å²) in [6, 6.07) is 5.62. The highest BCUT2D eigenvalue weighted by Gasteiger charge is 2.35. The lowest BCUT2D eigenvalue weighted by molar-refractivity contribution is -0.141. The SMILES string of the molecule is C=Nc1cc(C(F)(F)F)nn1-c1ccc(F)cc1. The van der Waals surface area contributed by atoms with Gasteiger partial charge in [-0.1, -0.05) is 0 Å².